The maximum absolute atomic E-state index is 12.2. The van der Waals surface area contributed by atoms with Crippen molar-refractivity contribution in [3.63, 3.8) is 0 Å². The first kappa shape index (κ1) is 15.7. The Morgan fingerprint density at radius 1 is 1.23 bits per heavy atom. The summed E-state index contributed by atoms with van der Waals surface area (Å²) in [5.74, 6) is 1.46. The molecule has 5 heteroatoms. The summed E-state index contributed by atoms with van der Waals surface area (Å²) >= 11 is 0. The van der Waals surface area contributed by atoms with Crippen molar-refractivity contribution >= 4 is 0 Å². The quantitative estimate of drug-likeness (QED) is 0.700. The summed E-state index contributed by atoms with van der Waals surface area (Å²) in [5, 5.41) is 33.4. The van der Waals surface area contributed by atoms with E-state index < -0.39 is 23.2 Å². The Hall–Kier alpha value is -1.30. The Bertz CT molecular complexity index is 807. The van der Waals surface area contributed by atoms with Crippen molar-refractivity contribution in [3.8, 4) is 11.5 Å². The van der Waals surface area contributed by atoms with Crippen LogP contribution in [-0.4, -0.2) is 63.8 Å². The van der Waals surface area contributed by atoms with E-state index in [-0.39, 0.29) is 11.8 Å². The van der Waals surface area contributed by atoms with Crippen molar-refractivity contribution in [1.29, 1.82) is 0 Å². The average Bonchev–Trinajstić information content (AvgIpc) is 3.32. The number of nitrogens with zero attached hydrogens (tertiary/aromatic N) is 1. The molecule has 1 saturated heterocycles. The Kier molecular flexibility index (Phi) is 2.76. The zero-order valence-corrected chi connectivity index (χ0v) is 15.3. The summed E-state index contributed by atoms with van der Waals surface area (Å²) < 4.78 is 7.11. The lowest BCUT2D eigenvalue weighted by molar-refractivity contribution is -0.950. The maximum atomic E-state index is 12.2. The normalized spacial score (nSPS) is 48.0. The van der Waals surface area contributed by atoms with Gasteiger partial charge < -0.3 is 24.5 Å². The first-order valence-corrected chi connectivity index (χ1v) is 10.2. The summed E-state index contributed by atoms with van der Waals surface area (Å²) in [4.78, 5) is 0. The SMILES string of the molecule is C[N@+]1(CC2CC2)CC[C@]23c4c5ccc(O)c4O[C@H]2[C@@H](O)CC[C@@]3(O)[C@H]1C5. The molecule has 0 radical (unpaired) electrons. The van der Waals surface area contributed by atoms with Gasteiger partial charge in [-0.3, -0.25) is 0 Å². The number of aromatic hydroxyl groups is 1. The van der Waals surface area contributed by atoms with Crippen molar-refractivity contribution in [2.75, 3.05) is 20.1 Å². The minimum absolute atomic E-state index is 0.137. The molecular weight excluding hydrogens is 330 g/mol. The zero-order chi connectivity index (χ0) is 17.9. The second kappa shape index (κ2) is 4.57. The Balaban J connectivity index is 1.59. The van der Waals surface area contributed by atoms with Crippen LogP contribution in [0.1, 0.15) is 43.2 Å². The number of aliphatic hydroxyl groups excluding tert-OH is 1. The van der Waals surface area contributed by atoms with Crippen LogP contribution in [0.3, 0.4) is 0 Å². The van der Waals surface area contributed by atoms with Crippen molar-refractivity contribution in [2.45, 2.75) is 67.8 Å². The van der Waals surface area contributed by atoms with Crippen LogP contribution < -0.4 is 4.74 Å². The van der Waals surface area contributed by atoms with Gasteiger partial charge in [0.25, 0.3) is 0 Å². The summed E-state index contributed by atoms with van der Waals surface area (Å²) in [5.41, 5.74) is 0.755. The van der Waals surface area contributed by atoms with Gasteiger partial charge in [-0.05, 0) is 37.3 Å². The molecule has 140 valence electrons. The number of aliphatic hydroxyl groups is 2. The lowest BCUT2D eigenvalue weighted by atomic mass is 9.48. The lowest BCUT2D eigenvalue weighted by Crippen LogP contribution is -2.81. The summed E-state index contributed by atoms with van der Waals surface area (Å²) in [6, 6.07) is 3.88. The van der Waals surface area contributed by atoms with E-state index in [1.54, 1.807) is 6.07 Å². The van der Waals surface area contributed by atoms with Gasteiger partial charge in [0, 0.05) is 24.3 Å². The number of quaternary nitrogens is 1. The standard InChI is InChI=1S/C21H27NO4/c1-22(11-12-2-3-12)9-8-20-17-13-4-5-14(23)18(17)26-19(20)15(24)6-7-21(20,25)16(22)10-13/h4-5,12,15-16,19,24-25H,2-3,6-11H2,1H3/p+1/t15-,16+,19-,20-,21+,22+/m0/s1. The topological polar surface area (TPSA) is 69.9 Å². The fourth-order valence-corrected chi connectivity index (χ4v) is 7.13. The molecule has 5 aliphatic rings. The van der Waals surface area contributed by atoms with Gasteiger partial charge in [-0.1, -0.05) is 6.07 Å². The number of likely N-dealkylation sites (N-methyl/N-ethyl adjacent to an activating group) is 1. The van der Waals surface area contributed by atoms with Crippen LogP contribution in [0, 0.1) is 5.92 Å². The molecule has 1 spiro atoms. The third-order valence-electron chi connectivity index (χ3n) is 8.45. The first-order valence-electron chi connectivity index (χ1n) is 10.2. The fraction of sp³-hybridized carbons (Fsp3) is 0.714. The van der Waals surface area contributed by atoms with Crippen LogP contribution in [0.2, 0.25) is 0 Å². The highest BCUT2D eigenvalue weighted by molar-refractivity contribution is 5.62. The van der Waals surface area contributed by atoms with Gasteiger partial charge in [0.05, 0.1) is 31.7 Å². The predicted molar refractivity (Wildman–Crippen MR) is 95.1 cm³/mol. The Morgan fingerprint density at radius 3 is 2.81 bits per heavy atom. The average molecular weight is 358 g/mol. The Labute approximate surface area is 153 Å². The van der Waals surface area contributed by atoms with E-state index in [0.717, 1.165) is 41.9 Å². The molecule has 6 atom stereocenters. The van der Waals surface area contributed by atoms with E-state index in [2.05, 4.69) is 7.05 Å². The van der Waals surface area contributed by atoms with Crippen molar-refractivity contribution in [3.05, 3.63) is 23.3 Å². The fourth-order valence-electron chi connectivity index (χ4n) is 7.13. The van der Waals surface area contributed by atoms with E-state index in [9.17, 15) is 15.3 Å². The Morgan fingerprint density at radius 2 is 2.04 bits per heavy atom. The first-order chi connectivity index (χ1) is 12.4. The number of ether oxygens (including phenoxy) is 1. The minimum Gasteiger partial charge on any atom is -0.504 e. The molecule has 0 amide bonds. The molecule has 1 aromatic rings. The van der Waals surface area contributed by atoms with Gasteiger partial charge in [-0.2, -0.15) is 0 Å². The maximum Gasteiger partial charge on any atom is 0.165 e. The number of piperidine rings is 1. The largest absolute Gasteiger partial charge is 0.504 e. The monoisotopic (exact) mass is 358 g/mol. The van der Waals surface area contributed by atoms with Crippen LogP contribution in [-0.2, 0) is 11.8 Å². The molecule has 2 bridgehead atoms. The second-order valence-corrected chi connectivity index (χ2v) is 9.79. The highest BCUT2D eigenvalue weighted by atomic mass is 16.5. The van der Waals surface area contributed by atoms with Crippen LogP contribution >= 0.6 is 0 Å². The summed E-state index contributed by atoms with van der Waals surface area (Å²) in [7, 11) is 2.33. The molecule has 3 fully saturated rings. The van der Waals surface area contributed by atoms with Gasteiger partial charge in [-0.15, -0.1) is 0 Å². The molecule has 26 heavy (non-hydrogen) atoms. The predicted octanol–water partition coefficient (Wildman–Crippen LogP) is 1.46. The van der Waals surface area contributed by atoms with Gasteiger partial charge in [0.2, 0.25) is 0 Å². The van der Waals surface area contributed by atoms with Gasteiger partial charge in [-0.25, -0.2) is 0 Å². The number of hydrogen-bond acceptors (Lipinski definition) is 4. The van der Waals surface area contributed by atoms with E-state index in [1.807, 2.05) is 6.07 Å². The van der Waals surface area contributed by atoms with Crippen LogP contribution in [0.25, 0.3) is 0 Å². The summed E-state index contributed by atoms with van der Waals surface area (Å²) in [6.07, 6.45) is 4.44. The lowest BCUT2D eigenvalue weighted by Gasteiger charge is -2.65. The number of phenols is 1. The van der Waals surface area contributed by atoms with Gasteiger partial charge in [0.15, 0.2) is 11.5 Å². The molecule has 3 N–H and O–H groups in total. The molecule has 2 aliphatic heterocycles. The van der Waals surface area contributed by atoms with Crippen LogP contribution in [0.5, 0.6) is 11.5 Å². The zero-order valence-electron chi connectivity index (χ0n) is 15.3. The van der Waals surface area contributed by atoms with E-state index >= 15 is 0 Å². The van der Waals surface area contributed by atoms with Crippen LogP contribution in [0.4, 0.5) is 0 Å². The molecule has 3 aliphatic carbocycles. The number of likely N-dealkylation sites (tertiary alicyclic amines) is 1. The van der Waals surface area contributed by atoms with Gasteiger partial charge >= 0.3 is 0 Å². The highest BCUT2D eigenvalue weighted by Gasteiger charge is 2.76. The molecule has 6 rings (SSSR count). The molecule has 1 aromatic carbocycles. The van der Waals surface area contributed by atoms with E-state index in [4.69, 9.17) is 4.74 Å². The van der Waals surface area contributed by atoms with Crippen LogP contribution in [0.15, 0.2) is 12.1 Å². The van der Waals surface area contributed by atoms with Crippen molar-refractivity contribution in [1.82, 2.24) is 0 Å². The number of rotatable bonds is 2. The molecular formula is C21H28NO4+. The van der Waals surface area contributed by atoms with Crippen molar-refractivity contribution < 1.29 is 24.5 Å². The minimum atomic E-state index is -0.870. The highest BCUT2D eigenvalue weighted by Crippen LogP contribution is 2.66. The molecule has 0 aromatic heterocycles. The van der Waals surface area contributed by atoms with E-state index in [1.165, 1.54) is 18.4 Å². The smallest absolute Gasteiger partial charge is 0.165 e. The van der Waals surface area contributed by atoms with Gasteiger partial charge in [0.1, 0.15) is 17.7 Å². The summed E-state index contributed by atoms with van der Waals surface area (Å²) in [6.45, 7) is 2.15. The second-order valence-electron chi connectivity index (χ2n) is 9.79. The number of benzene rings is 1. The molecule has 0 unspecified atom stereocenters. The molecule has 2 heterocycles. The number of phenolic OH excluding ortho intramolecular Hbond substituents is 1. The molecule has 5 nitrogen and oxygen atoms in total. The third kappa shape index (κ3) is 1.60. The molecule has 2 saturated carbocycles. The number of hydrogen-bond donors (Lipinski definition) is 3. The third-order valence-corrected chi connectivity index (χ3v) is 8.45. The van der Waals surface area contributed by atoms with Crippen molar-refractivity contribution in [2.24, 2.45) is 5.92 Å². The van der Waals surface area contributed by atoms with E-state index in [0.29, 0.717) is 18.6 Å².